The lowest BCUT2D eigenvalue weighted by Gasteiger charge is -2.11. The molecule has 1 aliphatic rings. The Hall–Kier alpha value is -0.830. The molecule has 0 saturated carbocycles. The van der Waals surface area contributed by atoms with Crippen LogP contribution in [0.15, 0.2) is 41.3 Å². The Morgan fingerprint density at radius 3 is 2.65 bits per heavy atom. The number of fused-ring (bicyclic) bond motifs is 1. The molecule has 1 aliphatic heterocycles. The minimum atomic E-state index is 0.160. The molecular formula is C16H14Cl2OS. The fraction of sp³-hybridized carbons (Fsp3) is 0.250. The molecule has 0 fully saturated rings. The van der Waals surface area contributed by atoms with Gasteiger partial charge < -0.3 is 4.74 Å². The lowest BCUT2D eigenvalue weighted by Crippen LogP contribution is -2.15. The molecule has 3 rings (SSSR count). The maximum Gasteiger partial charge on any atom is 0.143 e. The van der Waals surface area contributed by atoms with Crippen LogP contribution < -0.4 is 4.74 Å². The smallest absolute Gasteiger partial charge is 0.143 e. The van der Waals surface area contributed by atoms with E-state index in [9.17, 15) is 0 Å². The van der Waals surface area contributed by atoms with Gasteiger partial charge >= 0.3 is 0 Å². The highest BCUT2D eigenvalue weighted by molar-refractivity contribution is 7.99. The molecule has 0 bridgehead atoms. The lowest BCUT2D eigenvalue weighted by atomic mass is 10.1. The second-order valence-corrected chi connectivity index (χ2v) is 6.80. The van der Waals surface area contributed by atoms with Crippen molar-refractivity contribution in [2.45, 2.75) is 24.3 Å². The molecule has 0 radical (unpaired) electrons. The molecule has 0 amide bonds. The molecule has 104 valence electrons. The van der Waals surface area contributed by atoms with Crippen LogP contribution in [0.3, 0.4) is 0 Å². The molecular weight excluding hydrogens is 311 g/mol. The van der Waals surface area contributed by atoms with Gasteiger partial charge in [-0.15, -0.1) is 11.8 Å². The standard InChI is InChI=1S/C16H14Cl2OS/c1-10-2-5-13(6-3-10)20-9-12-8-11-4-7-14(17)15(18)16(11)19-12/h2-7,12H,8-9H2,1H3. The van der Waals surface area contributed by atoms with Crippen molar-refractivity contribution in [2.24, 2.45) is 0 Å². The molecule has 1 unspecified atom stereocenters. The highest BCUT2D eigenvalue weighted by Gasteiger charge is 2.26. The summed E-state index contributed by atoms with van der Waals surface area (Å²) < 4.78 is 5.93. The first kappa shape index (κ1) is 14.1. The van der Waals surface area contributed by atoms with E-state index in [1.165, 1.54) is 10.5 Å². The molecule has 1 atom stereocenters. The zero-order valence-corrected chi connectivity index (χ0v) is 13.4. The van der Waals surface area contributed by atoms with Crippen molar-refractivity contribution in [1.29, 1.82) is 0 Å². The van der Waals surface area contributed by atoms with Crippen LogP contribution in [0.4, 0.5) is 0 Å². The van der Waals surface area contributed by atoms with Gasteiger partial charge in [-0.1, -0.05) is 47.0 Å². The van der Waals surface area contributed by atoms with Crippen LogP contribution in [0.5, 0.6) is 5.75 Å². The zero-order chi connectivity index (χ0) is 14.1. The first-order chi connectivity index (χ1) is 9.63. The van der Waals surface area contributed by atoms with Gasteiger partial charge in [0.05, 0.1) is 5.02 Å². The molecule has 0 aromatic heterocycles. The van der Waals surface area contributed by atoms with Crippen LogP contribution >= 0.6 is 35.0 Å². The van der Waals surface area contributed by atoms with Crippen LogP contribution in [0.2, 0.25) is 10.0 Å². The highest BCUT2D eigenvalue weighted by Crippen LogP contribution is 2.41. The lowest BCUT2D eigenvalue weighted by molar-refractivity contribution is 0.259. The number of hydrogen-bond donors (Lipinski definition) is 0. The number of ether oxygens (including phenoxy) is 1. The fourth-order valence-electron chi connectivity index (χ4n) is 2.23. The quantitative estimate of drug-likeness (QED) is 0.699. The first-order valence-corrected chi connectivity index (χ1v) is 8.20. The second-order valence-electron chi connectivity index (χ2n) is 4.92. The summed E-state index contributed by atoms with van der Waals surface area (Å²) in [5, 5.41) is 1.09. The monoisotopic (exact) mass is 324 g/mol. The molecule has 0 saturated heterocycles. The first-order valence-electron chi connectivity index (χ1n) is 6.46. The maximum atomic E-state index is 6.17. The highest BCUT2D eigenvalue weighted by atomic mass is 35.5. The van der Waals surface area contributed by atoms with E-state index in [4.69, 9.17) is 27.9 Å². The van der Waals surface area contributed by atoms with Gasteiger partial charge in [0.25, 0.3) is 0 Å². The van der Waals surface area contributed by atoms with Gasteiger partial charge in [0.1, 0.15) is 16.9 Å². The SMILES string of the molecule is Cc1ccc(SCC2Cc3ccc(Cl)c(Cl)c3O2)cc1. The Kier molecular flexibility index (Phi) is 4.16. The summed E-state index contributed by atoms with van der Waals surface area (Å²) in [6, 6.07) is 12.4. The van der Waals surface area contributed by atoms with E-state index < -0.39 is 0 Å². The number of rotatable bonds is 3. The average molecular weight is 325 g/mol. The van der Waals surface area contributed by atoms with Crippen LogP contribution in [-0.4, -0.2) is 11.9 Å². The number of thioether (sulfide) groups is 1. The van der Waals surface area contributed by atoms with Crippen molar-refractivity contribution in [3.05, 3.63) is 57.6 Å². The minimum absolute atomic E-state index is 0.160. The Labute approximate surface area is 133 Å². The molecule has 0 aliphatic carbocycles. The molecule has 4 heteroatoms. The van der Waals surface area contributed by atoms with Crippen LogP contribution in [0.1, 0.15) is 11.1 Å². The molecule has 0 N–H and O–H groups in total. The molecule has 20 heavy (non-hydrogen) atoms. The molecule has 1 nitrogen and oxygen atoms in total. The van der Waals surface area contributed by atoms with Crippen molar-refractivity contribution < 1.29 is 4.74 Å². The summed E-state index contributed by atoms with van der Waals surface area (Å²) in [5.74, 6) is 1.67. The number of hydrogen-bond acceptors (Lipinski definition) is 2. The Balaban J connectivity index is 1.64. The summed E-state index contributed by atoms with van der Waals surface area (Å²) in [4.78, 5) is 1.26. The number of aryl methyl sites for hydroxylation is 1. The van der Waals surface area contributed by atoms with Gasteiger partial charge in [0.15, 0.2) is 0 Å². The van der Waals surface area contributed by atoms with E-state index >= 15 is 0 Å². The Bertz CT molecular complexity index is 625. The Morgan fingerprint density at radius 2 is 1.90 bits per heavy atom. The van der Waals surface area contributed by atoms with Crippen molar-refractivity contribution in [2.75, 3.05) is 5.75 Å². The average Bonchev–Trinajstić information content (AvgIpc) is 2.86. The summed E-state index contributed by atoms with van der Waals surface area (Å²) in [5.41, 5.74) is 2.43. The summed E-state index contributed by atoms with van der Waals surface area (Å²) in [6.45, 7) is 2.09. The number of benzene rings is 2. The fourth-order valence-corrected chi connectivity index (χ4v) is 3.50. The molecule has 0 spiro atoms. The second kappa shape index (κ2) is 5.88. The topological polar surface area (TPSA) is 9.23 Å². The minimum Gasteiger partial charge on any atom is -0.487 e. The summed E-state index contributed by atoms with van der Waals surface area (Å²) in [6.07, 6.45) is 1.05. The largest absolute Gasteiger partial charge is 0.487 e. The van der Waals surface area contributed by atoms with E-state index in [-0.39, 0.29) is 6.10 Å². The third-order valence-corrected chi connectivity index (χ3v) is 5.25. The third-order valence-electron chi connectivity index (χ3n) is 3.32. The summed E-state index contributed by atoms with van der Waals surface area (Å²) in [7, 11) is 0. The van der Waals surface area contributed by atoms with Crippen LogP contribution in [0, 0.1) is 6.92 Å². The van der Waals surface area contributed by atoms with Gasteiger partial charge in [-0.3, -0.25) is 0 Å². The van der Waals surface area contributed by atoms with Crippen molar-refractivity contribution in [1.82, 2.24) is 0 Å². The van der Waals surface area contributed by atoms with E-state index in [0.717, 1.165) is 23.5 Å². The predicted molar refractivity (Wildman–Crippen MR) is 86.5 cm³/mol. The van der Waals surface area contributed by atoms with Crippen molar-refractivity contribution in [3.63, 3.8) is 0 Å². The van der Waals surface area contributed by atoms with Gasteiger partial charge in [0.2, 0.25) is 0 Å². The van der Waals surface area contributed by atoms with Crippen molar-refractivity contribution >= 4 is 35.0 Å². The van der Waals surface area contributed by atoms with Crippen LogP contribution in [0.25, 0.3) is 0 Å². The number of halogens is 2. The maximum absolute atomic E-state index is 6.17. The Morgan fingerprint density at radius 1 is 1.15 bits per heavy atom. The van der Waals surface area contributed by atoms with E-state index in [2.05, 4.69) is 31.2 Å². The van der Waals surface area contributed by atoms with Gasteiger partial charge in [0, 0.05) is 17.1 Å². The van der Waals surface area contributed by atoms with Crippen molar-refractivity contribution in [3.8, 4) is 5.75 Å². The molecule has 1 heterocycles. The van der Waals surface area contributed by atoms with E-state index in [0.29, 0.717) is 10.0 Å². The van der Waals surface area contributed by atoms with Gasteiger partial charge in [-0.25, -0.2) is 0 Å². The molecule has 2 aromatic rings. The normalized spacial score (nSPS) is 16.9. The van der Waals surface area contributed by atoms with Gasteiger partial charge in [-0.05, 0) is 30.7 Å². The third kappa shape index (κ3) is 2.93. The van der Waals surface area contributed by atoms with Crippen LogP contribution in [-0.2, 0) is 6.42 Å². The van der Waals surface area contributed by atoms with E-state index in [1.54, 1.807) is 11.8 Å². The molecule has 2 aromatic carbocycles. The zero-order valence-electron chi connectivity index (χ0n) is 11.0. The van der Waals surface area contributed by atoms with E-state index in [1.807, 2.05) is 12.1 Å². The summed E-state index contributed by atoms with van der Waals surface area (Å²) >= 11 is 14.0. The van der Waals surface area contributed by atoms with Gasteiger partial charge in [-0.2, -0.15) is 0 Å². The predicted octanol–water partition coefficient (Wildman–Crippen LogP) is 5.40.